The fraction of sp³-hybridized carbons (Fsp3) is 0.467. The van der Waals surface area contributed by atoms with Crippen molar-refractivity contribution in [2.24, 2.45) is 0 Å². The molecule has 23 heavy (non-hydrogen) atoms. The van der Waals surface area contributed by atoms with Gasteiger partial charge < -0.3 is 19.7 Å². The maximum absolute atomic E-state index is 10.4. The fourth-order valence-electron chi connectivity index (χ4n) is 2.54. The minimum Gasteiger partial charge on any atom is -0.509 e. The second-order valence-electron chi connectivity index (χ2n) is 5.36. The van der Waals surface area contributed by atoms with E-state index in [9.17, 15) is 10.2 Å². The summed E-state index contributed by atoms with van der Waals surface area (Å²) in [5.41, 5.74) is 2.53. The van der Waals surface area contributed by atoms with Gasteiger partial charge in [-0.25, -0.2) is 9.97 Å². The molecule has 0 saturated carbocycles. The van der Waals surface area contributed by atoms with Crippen molar-refractivity contribution in [2.75, 3.05) is 7.11 Å². The van der Waals surface area contributed by atoms with E-state index in [4.69, 9.17) is 9.47 Å². The highest BCUT2D eigenvalue weighted by molar-refractivity contribution is 8.00. The Morgan fingerprint density at radius 1 is 1.43 bits per heavy atom. The summed E-state index contributed by atoms with van der Waals surface area (Å²) in [7, 11) is 1.54. The van der Waals surface area contributed by atoms with Crippen molar-refractivity contribution in [2.45, 2.75) is 42.5 Å². The van der Waals surface area contributed by atoms with Crippen LogP contribution in [0.2, 0.25) is 0 Å². The van der Waals surface area contributed by atoms with Crippen molar-refractivity contribution in [1.29, 1.82) is 0 Å². The number of thioether (sulfide) groups is 1. The van der Waals surface area contributed by atoms with Crippen LogP contribution < -0.4 is 0 Å². The standard InChI is InChI=1S/C15H18N2O4S2/c1-7-11(19)15(21-13(8(2)18)12(7)20-3)23-9-4-10-14(16-5-9)17-6-22-10/h4-6,8,12-13,15,18-19H,1-3H3/t8?,12-,13?,15-/m1/s1. The highest BCUT2D eigenvalue weighted by Crippen LogP contribution is 2.37. The van der Waals surface area contributed by atoms with Gasteiger partial charge in [0.1, 0.15) is 18.0 Å². The van der Waals surface area contributed by atoms with E-state index >= 15 is 0 Å². The minimum atomic E-state index is -0.715. The number of aromatic nitrogens is 2. The topological polar surface area (TPSA) is 84.7 Å². The monoisotopic (exact) mass is 354 g/mol. The number of aliphatic hydroxyl groups excluding tert-OH is 2. The third kappa shape index (κ3) is 3.22. The lowest BCUT2D eigenvalue weighted by Crippen LogP contribution is -2.46. The van der Waals surface area contributed by atoms with Crippen LogP contribution in [0.1, 0.15) is 13.8 Å². The van der Waals surface area contributed by atoms with Gasteiger partial charge in [-0.2, -0.15) is 0 Å². The fourth-order valence-corrected chi connectivity index (χ4v) is 4.32. The van der Waals surface area contributed by atoms with Crippen LogP contribution in [0.25, 0.3) is 10.3 Å². The van der Waals surface area contributed by atoms with Gasteiger partial charge >= 0.3 is 0 Å². The van der Waals surface area contributed by atoms with Crippen LogP contribution in [0, 0.1) is 0 Å². The number of methoxy groups -OCH3 is 1. The summed E-state index contributed by atoms with van der Waals surface area (Å²) in [6, 6.07) is 1.97. The molecular weight excluding hydrogens is 336 g/mol. The molecule has 0 bridgehead atoms. The van der Waals surface area contributed by atoms with Crippen molar-refractivity contribution in [3.05, 3.63) is 29.1 Å². The van der Waals surface area contributed by atoms with Crippen molar-refractivity contribution >= 4 is 33.4 Å². The van der Waals surface area contributed by atoms with E-state index in [1.54, 1.807) is 25.6 Å². The van der Waals surface area contributed by atoms with Gasteiger partial charge in [-0.05, 0) is 25.5 Å². The number of hydrogen-bond acceptors (Lipinski definition) is 8. The van der Waals surface area contributed by atoms with Gasteiger partial charge in [0.25, 0.3) is 0 Å². The van der Waals surface area contributed by atoms with Crippen LogP contribution in [0.5, 0.6) is 0 Å². The Morgan fingerprint density at radius 2 is 2.22 bits per heavy atom. The summed E-state index contributed by atoms with van der Waals surface area (Å²) in [5, 5.41) is 20.4. The predicted molar refractivity (Wildman–Crippen MR) is 89.7 cm³/mol. The van der Waals surface area contributed by atoms with E-state index in [1.807, 2.05) is 6.07 Å². The van der Waals surface area contributed by atoms with Crippen LogP contribution in [-0.2, 0) is 9.47 Å². The molecule has 0 spiro atoms. The Morgan fingerprint density at radius 3 is 2.91 bits per heavy atom. The average Bonchev–Trinajstić information content (AvgIpc) is 2.99. The van der Waals surface area contributed by atoms with Gasteiger partial charge in [0.05, 0.1) is 16.3 Å². The molecular formula is C15H18N2O4S2. The first-order chi connectivity index (χ1) is 11.0. The summed E-state index contributed by atoms with van der Waals surface area (Å²) in [4.78, 5) is 9.30. The molecule has 3 heterocycles. The predicted octanol–water partition coefficient (Wildman–Crippen LogP) is 2.74. The minimum absolute atomic E-state index is 0.128. The van der Waals surface area contributed by atoms with Gasteiger partial charge in [-0.1, -0.05) is 11.8 Å². The first-order valence-corrected chi connectivity index (χ1v) is 8.89. The third-order valence-corrected chi connectivity index (χ3v) is 5.58. The maximum Gasteiger partial charge on any atom is 0.170 e. The van der Waals surface area contributed by atoms with Crippen LogP contribution in [0.15, 0.2) is 34.0 Å². The highest BCUT2D eigenvalue weighted by Gasteiger charge is 2.39. The van der Waals surface area contributed by atoms with Crippen molar-refractivity contribution < 1.29 is 19.7 Å². The largest absolute Gasteiger partial charge is 0.509 e. The van der Waals surface area contributed by atoms with E-state index in [1.165, 1.54) is 30.2 Å². The first kappa shape index (κ1) is 16.7. The molecule has 124 valence electrons. The molecule has 0 aliphatic carbocycles. The molecule has 2 aromatic rings. The normalized spacial score (nSPS) is 26.7. The van der Waals surface area contributed by atoms with Crippen LogP contribution in [0.3, 0.4) is 0 Å². The first-order valence-electron chi connectivity index (χ1n) is 7.13. The SMILES string of the molecule is CO[C@@H]1C(C)=C(O)[C@@H](Sc2cnc3ncsc3c2)OC1C(C)O. The number of hydrogen-bond donors (Lipinski definition) is 2. The van der Waals surface area contributed by atoms with Gasteiger partial charge in [-0.15, -0.1) is 11.3 Å². The third-order valence-electron chi connectivity index (χ3n) is 3.77. The summed E-state index contributed by atoms with van der Waals surface area (Å²) in [6.07, 6.45) is -0.00553. The zero-order valence-electron chi connectivity index (χ0n) is 13.0. The van der Waals surface area contributed by atoms with E-state index < -0.39 is 23.7 Å². The zero-order chi connectivity index (χ0) is 16.6. The molecule has 0 aromatic carbocycles. The number of fused-ring (bicyclic) bond motifs is 1. The molecule has 0 radical (unpaired) electrons. The molecule has 2 N–H and O–H groups in total. The molecule has 8 heteroatoms. The Labute approximate surface area is 142 Å². The number of rotatable bonds is 4. The average molecular weight is 354 g/mol. The number of aliphatic hydroxyl groups is 2. The number of nitrogens with zero attached hydrogens (tertiary/aromatic N) is 2. The molecule has 2 unspecified atom stereocenters. The Balaban J connectivity index is 1.87. The lowest BCUT2D eigenvalue weighted by atomic mass is 9.98. The van der Waals surface area contributed by atoms with E-state index in [2.05, 4.69) is 9.97 Å². The lowest BCUT2D eigenvalue weighted by molar-refractivity contribution is -0.115. The molecule has 1 aliphatic heterocycles. The Bertz CT molecular complexity index is 731. The van der Waals surface area contributed by atoms with Crippen LogP contribution >= 0.6 is 23.1 Å². The van der Waals surface area contributed by atoms with Gasteiger partial charge in [0, 0.05) is 18.2 Å². The Hall–Kier alpha value is -1.19. The molecule has 0 amide bonds. The zero-order valence-corrected chi connectivity index (χ0v) is 14.6. The van der Waals surface area contributed by atoms with Gasteiger partial charge in [0.2, 0.25) is 0 Å². The second kappa shape index (κ2) is 6.74. The Kier molecular flexibility index (Phi) is 4.88. The smallest absolute Gasteiger partial charge is 0.170 e. The van der Waals surface area contributed by atoms with Crippen molar-refractivity contribution in [3.63, 3.8) is 0 Å². The van der Waals surface area contributed by atoms with Crippen LogP contribution in [-0.4, -0.2) is 51.0 Å². The summed E-state index contributed by atoms with van der Waals surface area (Å²) < 4.78 is 12.2. The molecule has 6 nitrogen and oxygen atoms in total. The van der Waals surface area contributed by atoms with E-state index in [-0.39, 0.29) is 5.76 Å². The number of thiazole rings is 1. The van der Waals surface area contributed by atoms with Crippen molar-refractivity contribution in [3.8, 4) is 0 Å². The van der Waals surface area contributed by atoms with Gasteiger partial charge in [-0.3, -0.25) is 0 Å². The summed E-state index contributed by atoms with van der Waals surface area (Å²) in [5.74, 6) is 0.128. The molecule has 2 aromatic heterocycles. The molecule has 1 aliphatic rings. The molecule has 0 fully saturated rings. The van der Waals surface area contributed by atoms with Crippen LogP contribution in [0.4, 0.5) is 0 Å². The van der Waals surface area contributed by atoms with E-state index in [0.717, 1.165) is 9.60 Å². The lowest BCUT2D eigenvalue weighted by Gasteiger charge is -2.37. The van der Waals surface area contributed by atoms with Gasteiger partial charge in [0.15, 0.2) is 11.1 Å². The summed E-state index contributed by atoms with van der Waals surface area (Å²) in [6.45, 7) is 3.44. The maximum atomic E-state index is 10.4. The molecule has 0 saturated heterocycles. The second-order valence-corrected chi connectivity index (χ2v) is 7.38. The van der Waals surface area contributed by atoms with E-state index in [0.29, 0.717) is 11.2 Å². The quantitative estimate of drug-likeness (QED) is 0.873. The number of pyridine rings is 1. The highest BCUT2D eigenvalue weighted by atomic mass is 32.2. The summed E-state index contributed by atoms with van der Waals surface area (Å²) >= 11 is 2.86. The van der Waals surface area contributed by atoms with Crippen molar-refractivity contribution in [1.82, 2.24) is 9.97 Å². The number of ether oxygens (including phenoxy) is 2. The molecule has 3 rings (SSSR count). The molecule has 4 atom stereocenters.